The maximum atomic E-state index is 13.5. The Morgan fingerprint density at radius 2 is 1.84 bits per heavy atom. The third kappa shape index (κ3) is 2.14. The average Bonchev–Trinajstić information content (AvgIpc) is 2.75. The molecule has 0 saturated carbocycles. The van der Waals surface area contributed by atoms with Crippen LogP contribution in [-0.2, 0) is 6.42 Å². The van der Waals surface area contributed by atoms with Crippen LogP contribution in [0.15, 0.2) is 40.8 Å². The van der Waals surface area contributed by atoms with E-state index in [1.54, 1.807) is 18.2 Å². The second-order valence-corrected chi connectivity index (χ2v) is 4.21. The van der Waals surface area contributed by atoms with Crippen LogP contribution in [0.5, 0.6) is 0 Å². The van der Waals surface area contributed by atoms with Gasteiger partial charge in [0.15, 0.2) is 11.5 Å². The van der Waals surface area contributed by atoms with Gasteiger partial charge in [-0.25, -0.2) is 13.8 Å². The van der Waals surface area contributed by atoms with Crippen molar-refractivity contribution in [3.05, 3.63) is 59.5 Å². The van der Waals surface area contributed by atoms with Gasteiger partial charge in [-0.3, -0.25) is 0 Å². The standard InChI is InChI=1S/C14H10F2N2O/c15-10-2-1-3-11(16)9(10)7-14-18-12-6-8(17)4-5-13(12)19-14/h1-6H,7,17H2. The maximum absolute atomic E-state index is 13.5. The summed E-state index contributed by atoms with van der Waals surface area (Å²) in [7, 11) is 0. The van der Waals surface area contributed by atoms with Gasteiger partial charge >= 0.3 is 0 Å². The number of halogens is 2. The number of rotatable bonds is 2. The van der Waals surface area contributed by atoms with Crippen LogP contribution in [0.25, 0.3) is 11.1 Å². The highest BCUT2D eigenvalue weighted by Gasteiger charge is 2.13. The van der Waals surface area contributed by atoms with Gasteiger partial charge in [-0.2, -0.15) is 0 Å². The lowest BCUT2D eigenvalue weighted by molar-refractivity contribution is 0.515. The molecule has 3 aromatic rings. The molecule has 3 nitrogen and oxygen atoms in total. The Morgan fingerprint density at radius 1 is 1.11 bits per heavy atom. The number of nitrogens with zero attached hydrogens (tertiary/aromatic N) is 1. The second kappa shape index (κ2) is 4.35. The molecule has 0 radical (unpaired) electrons. The Morgan fingerprint density at radius 3 is 2.58 bits per heavy atom. The van der Waals surface area contributed by atoms with Crippen LogP contribution < -0.4 is 5.73 Å². The highest BCUT2D eigenvalue weighted by atomic mass is 19.1. The molecule has 5 heteroatoms. The SMILES string of the molecule is Nc1ccc2oc(Cc3c(F)cccc3F)nc2c1. The van der Waals surface area contributed by atoms with Crippen molar-refractivity contribution in [2.75, 3.05) is 5.73 Å². The van der Waals surface area contributed by atoms with E-state index in [-0.39, 0.29) is 17.9 Å². The predicted molar refractivity (Wildman–Crippen MR) is 67.6 cm³/mol. The number of aromatic nitrogens is 1. The van der Waals surface area contributed by atoms with Crippen molar-refractivity contribution in [2.24, 2.45) is 0 Å². The van der Waals surface area contributed by atoms with E-state index in [0.717, 1.165) is 0 Å². The van der Waals surface area contributed by atoms with Gasteiger partial charge < -0.3 is 10.2 Å². The highest BCUT2D eigenvalue weighted by Crippen LogP contribution is 2.22. The summed E-state index contributed by atoms with van der Waals surface area (Å²) < 4.78 is 32.5. The average molecular weight is 260 g/mol. The monoisotopic (exact) mass is 260 g/mol. The van der Waals surface area contributed by atoms with Crippen LogP contribution >= 0.6 is 0 Å². The van der Waals surface area contributed by atoms with Crippen LogP contribution in [0.3, 0.4) is 0 Å². The van der Waals surface area contributed by atoms with Crippen molar-refractivity contribution in [1.29, 1.82) is 0 Å². The number of hydrogen-bond donors (Lipinski definition) is 1. The molecule has 2 aromatic carbocycles. The van der Waals surface area contributed by atoms with Gasteiger partial charge in [0.05, 0.1) is 6.42 Å². The Balaban J connectivity index is 2.01. The quantitative estimate of drug-likeness (QED) is 0.719. The fraction of sp³-hybridized carbons (Fsp3) is 0.0714. The molecule has 1 aromatic heterocycles. The van der Waals surface area contributed by atoms with Gasteiger partial charge in [0.2, 0.25) is 0 Å². The molecule has 3 rings (SSSR count). The summed E-state index contributed by atoms with van der Waals surface area (Å²) in [6.07, 6.45) is -0.0346. The zero-order chi connectivity index (χ0) is 13.4. The van der Waals surface area contributed by atoms with E-state index in [1.807, 2.05) is 0 Å². The third-order valence-corrected chi connectivity index (χ3v) is 2.85. The first kappa shape index (κ1) is 11.6. The first-order valence-corrected chi connectivity index (χ1v) is 5.71. The molecule has 0 aliphatic carbocycles. The Bertz CT molecular complexity index is 732. The minimum Gasteiger partial charge on any atom is -0.440 e. The summed E-state index contributed by atoms with van der Waals surface area (Å²) in [5, 5.41) is 0. The van der Waals surface area contributed by atoms with Gasteiger partial charge in [0, 0.05) is 11.3 Å². The van der Waals surface area contributed by atoms with Crippen molar-refractivity contribution in [1.82, 2.24) is 4.98 Å². The molecule has 0 amide bonds. The molecule has 19 heavy (non-hydrogen) atoms. The fourth-order valence-corrected chi connectivity index (χ4v) is 1.92. The zero-order valence-corrected chi connectivity index (χ0v) is 9.86. The molecule has 96 valence electrons. The zero-order valence-electron chi connectivity index (χ0n) is 9.86. The van der Waals surface area contributed by atoms with Crippen LogP contribution in [0.2, 0.25) is 0 Å². The van der Waals surface area contributed by atoms with E-state index in [0.29, 0.717) is 16.8 Å². The Hall–Kier alpha value is -2.43. The number of fused-ring (bicyclic) bond motifs is 1. The summed E-state index contributed by atoms with van der Waals surface area (Å²) in [5.74, 6) is -0.965. The van der Waals surface area contributed by atoms with E-state index in [4.69, 9.17) is 10.2 Å². The number of hydrogen-bond acceptors (Lipinski definition) is 3. The van der Waals surface area contributed by atoms with Crippen molar-refractivity contribution in [2.45, 2.75) is 6.42 Å². The summed E-state index contributed by atoms with van der Waals surface area (Å²) in [6.45, 7) is 0. The summed E-state index contributed by atoms with van der Waals surface area (Å²) in [5.41, 5.74) is 7.26. The van der Waals surface area contributed by atoms with E-state index >= 15 is 0 Å². The van der Waals surface area contributed by atoms with Gasteiger partial charge in [-0.1, -0.05) is 6.07 Å². The lowest BCUT2D eigenvalue weighted by Gasteiger charge is -2.01. The molecule has 0 saturated heterocycles. The first-order chi connectivity index (χ1) is 9.13. The lowest BCUT2D eigenvalue weighted by atomic mass is 10.1. The topological polar surface area (TPSA) is 52.0 Å². The van der Waals surface area contributed by atoms with E-state index in [1.165, 1.54) is 18.2 Å². The predicted octanol–water partition coefficient (Wildman–Crippen LogP) is 3.28. The first-order valence-electron chi connectivity index (χ1n) is 5.71. The summed E-state index contributed by atoms with van der Waals surface area (Å²) >= 11 is 0. The van der Waals surface area contributed by atoms with Crippen molar-refractivity contribution in [3.63, 3.8) is 0 Å². The van der Waals surface area contributed by atoms with Gasteiger partial charge in [-0.15, -0.1) is 0 Å². The molecular formula is C14H10F2N2O. The summed E-state index contributed by atoms with van der Waals surface area (Å²) in [6, 6.07) is 8.75. The van der Waals surface area contributed by atoms with E-state index in [2.05, 4.69) is 4.98 Å². The van der Waals surface area contributed by atoms with Crippen molar-refractivity contribution < 1.29 is 13.2 Å². The Kier molecular flexibility index (Phi) is 2.67. The minimum atomic E-state index is -0.609. The molecule has 0 unspecified atom stereocenters. The third-order valence-electron chi connectivity index (χ3n) is 2.85. The van der Waals surface area contributed by atoms with Crippen LogP contribution in [0, 0.1) is 11.6 Å². The van der Waals surface area contributed by atoms with Crippen molar-refractivity contribution >= 4 is 16.8 Å². The maximum Gasteiger partial charge on any atom is 0.200 e. The number of oxazole rings is 1. The number of benzene rings is 2. The van der Waals surface area contributed by atoms with Gasteiger partial charge in [-0.05, 0) is 30.3 Å². The fourth-order valence-electron chi connectivity index (χ4n) is 1.92. The van der Waals surface area contributed by atoms with Gasteiger partial charge in [0.25, 0.3) is 0 Å². The molecule has 0 atom stereocenters. The second-order valence-electron chi connectivity index (χ2n) is 4.21. The normalized spacial score (nSPS) is 11.1. The summed E-state index contributed by atoms with van der Waals surface area (Å²) in [4.78, 5) is 4.17. The highest BCUT2D eigenvalue weighted by molar-refractivity contribution is 5.76. The smallest absolute Gasteiger partial charge is 0.200 e. The molecule has 0 fully saturated rings. The minimum absolute atomic E-state index is 0.0346. The Labute approximate surface area is 107 Å². The molecule has 1 heterocycles. The molecule has 0 bridgehead atoms. The molecule has 2 N–H and O–H groups in total. The van der Waals surface area contributed by atoms with Crippen LogP contribution in [0.4, 0.5) is 14.5 Å². The van der Waals surface area contributed by atoms with Gasteiger partial charge in [0.1, 0.15) is 17.2 Å². The van der Waals surface area contributed by atoms with Crippen LogP contribution in [-0.4, -0.2) is 4.98 Å². The lowest BCUT2D eigenvalue weighted by Crippen LogP contribution is -1.96. The van der Waals surface area contributed by atoms with Crippen molar-refractivity contribution in [3.8, 4) is 0 Å². The van der Waals surface area contributed by atoms with E-state index < -0.39 is 11.6 Å². The largest absolute Gasteiger partial charge is 0.440 e. The van der Waals surface area contributed by atoms with E-state index in [9.17, 15) is 8.78 Å². The number of nitrogens with two attached hydrogens (primary N) is 1. The molecular weight excluding hydrogens is 250 g/mol. The number of anilines is 1. The molecule has 0 spiro atoms. The molecule has 0 aliphatic rings. The van der Waals surface area contributed by atoms with Crippen LogP contribution in [0.1, 0.15) is 11.5 Å². The number of nitrogen functional groups attached to an aromatic ring is 1. The molecule has 0 aliphatic heterocycles.